The fourth-order valence-corrected chi connectivity index (χ4v) is 4.02. The number of nitrogens with one attached hydrogen (secondary N) is 1. The number of carbonyl (C=O) groups excluding carboxylic acids is 1. The highest BCUT2D eigenvalue weighted by atomic mass is 19.1. The third-order valence-electron chi connectivity index (χ3n) is 5.64. The van der Waals surface area contributed by atoms with Crippen LogP contribution in [0.3, 0.4) is 0 Å². The second-order valence-corrected chi connectivity index (χ2v) is 8.49. The molecule has 0 aliphatic carbocycles. The predicted molar refractivity (Wildman–Crippen MR) is 127 cm³/mol. The lowest BCUT2D eigenvalue weighted by molar-refractivity contribution is -0.156. The minimum atomic E-state index is -0.718. The van der Waals surface area contributed by atoms with Gasteiger partial charge in [0.25, 0.3) is 0 Å². The van der Waals surface area contributed by atoms with E-state index in [0.717, 1.165) is 34.0 Å². The van der Waals surface area contributed by atoms with E-state index in [1.165, 1.54) is 12.1 Å². The number of halogens is 1. The van der Waals surface area contributed by atoms with Crippen molar-refractivity contribution in [1.29, 1.82) is 0 Å². The number of aliphatic hydroxyl groups excluding tert-OH is 1. The number of benzene rings is 2. The summed E-state index contributed by atoms with van der Waals surface area (Å²) in [7, 11) is 1.86. The summed E-state index contributed by atoms with van der Waals surface area (Å²) in [6.45, 7) is 4.11. The van der Waals surface area contributed by atoms with Crippen LogP contribution in [-0.4, -0.2) is 39.9 Å². The molecule has 1 aliphatic heterocycles. The van der Waals surface area contributed by atoms with Crippen molar-refractivity contribution < 1.29 is 19.0 Å². The average molecular weight is 450 g/mol. The standard InChI is InChI=1S/C26H28FN3O3/c1-16(2)26-29-24(18-5-4-6-20(13-18)28-3)25(17-7-9-19(27)10-8-17)30(26)12-11-22-14-21(31)15-23(32)33-22/h4-13,16,21-22,28,31H,14-15H2,1-3H3/t21-,22-/m0/s1. The first-order chi connectivity index (χ1) is 15.9. The lowest BCUT2D eigenvalue weighted by Gasteiger charge is -2.23. The van der Waals surface area contributed by atoms with E-state index in [1.807, 2.05) is 42.1 Å². The fourth-order valence-electron chi connectivity index (χ4n) is 4.02. The second-order valence-electron chi connectivity index (χ2n) is 8.49. The molecule has 1 saturated heterocycles. The van der Waals surface area contributed by atoms with Crippen LogP contribution in [0.5, 0.6) is 0 Å². The third-order valence-corrected chi connectivity index (χ3v) is 5.64. The summed E-state index contributed by atoms with van der Waals surface area (Å²) in [6, 6.07) is 14.3. The average Bonchev–Trinajstić information content (AvgIpc) is 3.17. The molecule has 0 amide bonds. The molecule has 1 aliphatic rings. The third kappa shape index (κ3) is 4.98. The van der Waals surface area contributed by atoms with Gasteiger partial charge in [-0.05, 0) is 42.5 Å². The zero-order chi connectivity index (χ0) is 23.5. The van der Waals surface area contributed by atoms with Crippen LogP contribution >= 0.6 is 0 Å². The van der Waals surface area contributed by atoms with Gasteiger partial charge in [0.2, 0.25) is 0 Å². The molecule has 2 N–H and O–H groups in total. The van der Waals surface area contributed by atoms with E-state index in [4.69, 9.17) is 9.72 Å². The molecule has 1 aromatic heterocycles. The second kappa shape index (κ2) is 9.58. The summed E-state index contributed by atoms with van der Waals surface area (Å²) >= 11 is 0. The van der Waals surface area contributed by atoms with Crippen molar-refractivity contribution in [3.8, 4) is 22.5 Å². The molecule has 0 unspecified atom stereocenters. The number of anilines is 1. The minimum Gasteiger partial charge on any atom is -0.458 e. The Bertz CT molecular complexity index is 1170. The van der Waals surface area contributed by atoms with Crippen molar-refractivity contribution in [3.63, 3.8) is 0 Å². The Kier molecular flexibility index (Phi) is 6.60. The number of hydrogen-bond acceptors (Lipinski definition) is 5. The summed E-state index contributed by atoms with van der Waals surface area (Å²) in [5.74, 6) is 0.181. The number of nitrogens with zero attached hydrogens (tertiary/aromatic N) is 2. The van der Waals surface area contributed by atoms with Crippen molar-refractivity contribution >= 4 is 17.9 Å². The van der Waals surface area contributed by atoms with Crippen molar-refractivity contribution in [3.05, 3.63) is 66.2 Å². The van der Waals surface area contributed by atoms with Crippen LogP contribution in [0, 0.1) is 5.82 Å². The molecule has 1 fully saturated rings. The molecule has 0 saturated carbocycles. The number of hydrogen-bond donors (Lipinski definition) is 2. The van der Waals surface area contributed by atoms with Gasteiger partial charge in [0.1, 0.15) is 17.7 Å². The number of esters is 1. The number of ether oxygens (including phenoxy) is 1. The SMILES string of the molecule is CNc1cccc(-c2nc(C(C)C)n(C=C[C@H]3C[C@H](O)CC(=O)O3)c2-c2ccc(F)cc2)c1. The van der Waals surface area contributed by atoms with Crippen molar-refractivity contribution in [1.82, 2.24) is 9.55 Å². The molecule has 0 spiro atoms. The highest BCUT2D eigenvalue weighted by Crippen LogP contribution is 2.36. The topological polar surface area (TPSA) is 76.4 Å². The highest BCUT2D eigenvalue weighted by Gasteiger charge is 2.26. The largest absolute Gasteiger partial charge is 0.458 e. The van der Waals surface area contributed by atoms with Crippen LogP contribution in [0.15, 0.2) is 54.6 Å². The number of aliphatic hydroxyl groups is 1. The molecule has 7 heteroatoms. The van der Waals surface area contributed by atoms with Gasteiger partial charge in [-0.25, -0.2) is 9.37 Å². The van der Waals surface area contributed by atoms with Gasteiger partial charge in [-0.3, -0.25) is 4.79 Å². The van der Waals surface area contributed by atoms with Crippen LogP contribution < -0.4 is 5.32 Å². The van der Waals surface area contributed by atoms with E-state index in [-0.39, 0.29) is 18.2 Å². The van der Waals surface area contributed by atoms with Gasteiger partial charge in [0.15, 0.2) is 0 Å². The number of imidazole rings is 1. The minimum absolute atomic E-state index is 0.0133. The van der Waals surface area contributed by atoms with Gasteiger partial charge in [0.05, 0.1) is 23.9 Å². The molecule has 0 radical (unpaired) electrons. The maximum Gasteiger partial charge on any atom is 0.309 e. The molecule has 2 atom stereocenters. The zero-order valence-electron chi connectivity index (χ0n) is 19.0. The smallest absolute Gasteiger partial charge is 0.309 e. The van der Waals surface area contributed by atoms with Gasteiger partial charge >= 0.3 is 5.97 Å². The Balaban J connectivity index is 1.88. The molecule has 2 heterocycles. The first-order valence-corrected chi connectivity index (χ1v) is 11.1. The van der Waals surface area contributed by atoms with E-state index in [9.17, 15) is 14.3 Å². The van der Waals surface area contributed by atoms with Gasteiger partial charge in [-0.15, -0.1) is 0 Å². The molecule has 4 rings (SSSR count). The van der Waals surface area contributed by atoms with Crippen LogP contribution in [0.1, 0.15) is 38.4 Å². The van der Waals surface area contributed by atoms with Crippen LogP contribution in [-0.2, 0) is 9.53 Å². The number of cyclic esters (lactones) is 1. The molecule has 172 valence electrons. The predicted octanol–water partition coefficient (Wildman–Crippen LogP) is 5.06. The van der Waals surface area contributed by atoms with Crippen LogP contribution in [0.25, 0.3) is 28.7 Å². The highest BCUT2D eigenvalue weighted by molar-refractivity contribution is 5.82. The number of rotatable bonds is 6. The van der Waals surface area contributed by atoms with Gasteiger partial charge < -0.3 is 19.7 Å². The van der Waals surface area contributed by atoms with Crippen LogP contribution in [0.4, 0.5) is 10.1 Å². The van der Waals surface area contributed by atoms with E-state index in [0.29, 0.717) is 6.42 Å². The summed E-state index contributed by atoms with van der Waals surface area (Å²) in [6.07, 6.45) is 2.72. The Morgan fingerprint density at radius 2 is 1.97 bits per heavy atom. The summed E-state index contributed by atoms with van der Waals surface area (Å²) in [5.41, 5.74) is 4.27. The van der Waals surface area contributed by atoms with E-state index in [2.05, 4.69) is 19.2 Å². The summed E-state index contributed by atoms with van der Waals surface area (Å²) < 4.78 is 21.1. The number of aromatic nitrogens is 2. The van der Waals surface area contributed by atoms with Gasteiger partial charge in [0, 0.05) is 42.4 Å². The van der Waals surface area contributed by atoms with E-state index < -0.39 is 18.2 Å². The lowest BCUT2D eigenvalue weighted by atomic mass is 10.0. The molecule has 0 bridgehead atoms. The van der Waals surface area contributed by atoms with Gasteiger partial charge in [-0.1, -0.05) is 26.0 Å². The Morgan fingerprint density at radius 1 is 1.21 bits per heavy atom. The Labute approximate surface area is 192 Å². The summed E-state index contributed by atoms with van der Waals surface area (Å²) in [5, 5.41) is 13.1. The van der Waals surface area contributed by atoms with Crippen LogP contribution in [0.2, 0.25) is 0 Å². The van der Waals surface area contributed by atoms with E-state index >= 15 is 0 Å². The molecule has 33 heavy (non-hydrogen) atoms. The van der Waals surface area contributed by atoms with Crippen molar-refractivity contribution in [2.45, 2.75) is 44.8 Å². The van der Waals surface area contributed by atoms with E-state index in [1.54, 1.807) is 18.2 Å². The summed E-state index contributed by atoms with van der Waals surface area (Å²) in [4.78, 5) is 16.7. The Morgan fingerprint density at radius 3 is 2.64 bits per heavy atom. The molecular weight excluding hydrogens is 421 g/mol. The van der Waals surface area contributed by atoms with Crippen molar-refractivity contribution in [2.75, 3.05) is 12.4 Å². The maximum absolute atomic E-state index is 13.7. The molecular formula is C26H28FN3O3. The molecule has 3 aromatic rings. The monoisotopic (exact) mass is 449 g/mol. The molecule has 6 nitrogen and oxygen atoms in total. The first kappa shape index (κ1) is 22.7. The first-order valence-electron chi connectivity index (χ1n) is 11.1. The molecule has 2 aromatic carbocycles. The number of carbonyl (C=O) groups is 1. The normalized spacial score (nSPS) is 18.7. The fraction of sp³-hybridized carbons (Fsp3) is 0.308. The Hall–Kier alpha value is -3.45. The lowest BCUT2D eigenvalue weighted by Crippen LogP contribution is -2.31. The van der Waals surface area contributed by atoms with Crippen molar-refractivity contribution in [2.24, 2.45) is 0 Å². The zero-order valence-corrected chi connectivity index (χ0v) is 19.0. The maximum atomic E-state index is 13.7. The quantitative estimate of drug-likeness (QED) is 0.515. The van der Waals surface area contributed by atoms with Gasteiger partial charge in [-0.2, -0.15) is 0 Å².